The Morgan fingerprint density at radius 1 is 1.68 bits per heavy atom. The molecule has 0 aliphatic heterocycles. The van der Waals surface area contributed by atoms with Gasteiger partial charge in [-0.05, 0) is 19.9 Å². The standard InChI is InChI=1S/C12H14ClN3O2S/c1-12(2,7-17)15-9(18)4-3-8-10(13)14-11-16(8)5-6-19-11/h3-6,17H,7H2,1-2H3,(H,15,18)/b4-3+. The van der Waals surface area contributed by atoms with Crippen LogP contribution in [0.15, 0.2) is 17.7 Å². The fourth-order valence-electron chi connectivity index (χ4n) is 1.50. The number of halogens is 1. The predicted molar refractivity (Wildman–Crippen MR) is 76.4 cm³/mol. The van der Waals surface area contributed by atoms with Crippen molar-refractivity contribution in [2.45, 2.75) is 19.4 Å². The summed E-state index contributed by atoms with van der Waals surface area (Å²) in [5, 5.41) is 14.0. The lowest BCUT2D eigenvalue weighted by molar-refractivity contribution is -0.118. The van der Waals surface area contributed by atoms with Crippen LogP contribution in [0.3, 0.4) is 0 Å². The zero-order valence-corrected chi connectivity index (χ0v) is 12.1. The monoisotopic (exact) mass is 299 g/mol. The molecule has 2 rings (SSSR count). The SMILES string of the molecule is CC(C)(CO)NC(=O)/C=C/c1c(Cl)nc2sccn12. The summed E-state index contributed by atoms with van der Waals surface area (Å²) in [5.74, 6) is -0.291. The minimum Gasteiger partial charge on any atom is -0.394 e. The van der Waals surface area contributed by atoms with Crippen LogP contribution in [-0.4, -0.2) is 32.5 Å². The summed E-state index contributed by atoms with van der Waals surface area (Å²) in [7, 11) is 0. The van der Waals surface area contributed by atoms with Crippen LogP contribution in [0.2, 0.25) is 5.15 Å². The maximum atomic E-state index is 11.7. The Bertz CT molecular complexity index is 630. The smallest absolute Gasteiger partial charge is 0.244 e. The number of rotatable bonds is 4. The topological polar surface area (TPSA) is 66.6 Å². The minimum absolute atomic E-state index is 0.130. The quantitative estimate of drug-likeness (QED) is 0.848. The Morgan fingerprint density at radius 3 is 3.11 bits per heavy atom. The predicted octanol–water partition coefficient (Wildman–Crippen LogP) is 1.95. The van der Waals surface area contributed by atoms with Crippen LogP contribution in [-0.2, 0) is 4.79 Å². The lowest BCUT2D eigenvalue weighted by atomic mass is 10.1. The molecule has 2 aromatic rings. The van der Waals surface area contributed by atoms with Gasteiger partial charge >= 0.3 is 0 Å². The first-order valence-corrected chi connectivity index (χ1v) is 6.91. The summed E-state index contributed by atoms with van der Waals surface area (Å²) < 4.78 is 1.81. The normalized spacial score (nSPS) is 12.4. The van der Waals surface area contributed by atoms with Crippen molar-refractivity contribution in [3.63, 3.8) is 0 Å². The van der Waals surface area contributed by atoms with E-state index in [0.29, 0.717) is 10.8 Å². The van der Waals surface area contributed by atoms with E-state index in [2.05, 4.69) is 10.3 Å². The molecule has 1 amide bonds. The van der Waals surface area contributed by atoms with Gasteiger partial charge in [-0.1, -0.05) is 11.6 Å². The number of thiazole rings is 1. The summed E-state index contributed by atoms with van der Waals surface area (Å²) >= 11 is 7.47. The molecule has 0 spiro atoms. The van der Waals surface area contributed by atoms with E-state index < -0.39 is 5.54 Å². The van der Waals surface area contributed by atoms with Crippen molar-refractivity contribution >= 4 is 39.9 Å². The maximum Gasteiger partial charge on any atom is 0.244 e. The molecule has 0 aliphatic carbocycles. The number of aromatic nitrogens is 2. The Labute approximate surface area is 119 Å². The van der Waals surface area contributed by atoms with E-state index in [1.807, 2.05) is 16.0 Å². The van der Waals surface area contributed by atoms with Crippen molar-refractivity contribution in [1.82, 2.24) is 14.7 Å². The molecule has 0 fully saturated rings. The number of aliphatic hydroxyl groups is 1. The molecular formula is C12H14ClN3O2S. The van der Waals surface area contributed by atoms with Gasteiger partial charge in [0.15, 0.2) is 10.1 Å². The second-order valence-electron chi connectivity index (χ2n) is 4.71. The van der Waals surface area contributed by atoms with Gasteiger partial charge in [0.05, 0.1) is 17.8 Å². The van der Waals surface area contributed by atoms with E-state index in [1.165, 1.54) is 17.4 Å². The molecule has 19 heavy (non-hydrogen) atoms. The van der Waals surface area contributed by atoms with Gasteiger partial charge < -0.3 is 10.4 Å². The molecule has 7 heteroatoms. The van der Waals surface area contributed by atoms with Gasteiger partial charge in [-0.15, -0.1) is 11.3 Å². The first kappa shape index (κ1) is 14.0. The fourth-order valence-corrected chi connectivity index (χ4v) is 2.50. The highest BCUT2D eigenvalue weighted by molar-refractivity contribution is 7.15. The van der Waals surface area contributed by atoms with Crippen LogP contribution in [0.1, 0.15) is 19.5 Å². The number of aliphatic hydroxyl groups excluding tert-OH is 1. The second kappa shape index (κ2) is 5.32. The van der Waals surface area contributed by atoms with E-state index in [1.54, 1.807) is 19.9 Å². The van der Waals surface area contributed by atoms with Crippen LogP contribution in [0.4, 0.5) is 0 Å². The van der Waals surface area contributed by atoms with E-state index in [-0.39, 0.29) is 12.5 Å². The van der Waals surface area contributed by atoms with E-state index >= 15 is 0 Å². The van der Waals surface area contributed by atoms with Crippen molar-refractivity contribution in [3.8, 4) is 0 Å². The molecule has 0 bridgehead atoms. The Kier molecular flexibility index (Phi) is 3.93. The molecular weight excluding hydrogens is 286 g/mol. The molecule has 0 aliphatic rings. The van der Waals surface area contributed by atoms with E-state index in [4.69, 9.17) is 16.7 Å². The highest BCUT2D eigenvalue weighted by Crippen LogP contribution is 2.22. The fraction of sp³-hybridized carbons (Fsp3) is 0.333. The minimum atomic E-state index is -0.652. The van der Waals surface area contributed by atoms with Gasteiger partial charge in [0, 0.05) is 17.7 Å². The molecule has 5 nitrogen and oxygen atoms in total. The third-order valence-corrected chi connectivity index (χ3v) is 3.54. The van der Waals surface area contributed by atoms with Crippen molar-refractivity contribution in [3.05, 3.63) is 28.5 Å². The number of hydrogen-bond acceptors (Lipinski definition) is 4. The molecule has 102 valence electrons. The average Bonchev–Trinajstić information content (AvgIpc) is 2.87. The third-order valence-electron chi connectivity index (χ3n) is 2.50. The number of nitrogens with one attached hydrogen (secondary N) is 1. The summed E-state index contributed by atoms with van der Waals surface area (Å²) in [5.41, 5.74) is 0.00947. The average molecular weight is 300 g/mol. The van der Waals surface area contributed by atoms with Crippen LogP contribution in [0, 0.1) is 0 Å². The lowest BCUT2D eigenvalue weighted by Gasteiger charge is -2.22. The number of amides is 1. The largest absolute Gasteiger partial charge is 0.394 e. The maximum absolute atomic E-state index is 11.7. The van der Waals surface area contributed by atoms with Gasteiger partial charge in [-0.3, -0.25) is 9.20 Å². The first-order valence-electron chi connectivity index (χ1n) is 5.65. The summed E-state index contributed by atoms with van der Waals surface area (Å²) in [6.45, 7) is 3.35. The van der Waals surface area contributed by atoms with E-state index in [0.717, 1.165) is 4.96 Å². The van der Waals surface area contributed by atoms with Gasteiger partial charge in [0.25, 0.3) is 0 Å². The van der Waals surface area contributed by atoms with Crippen LogP contribution >= 0.6 is 22.9 Å². The number of fused-ring (bicyclic) bond motifs is 1. The Balaban J connectivity index is 2.16. The number of imidazole rings is 1. The third kappa shape index (κ3) is 3.15. The van der Waals surface area contributed by atoms with Crippen LogP contribution < -0.4 is 5.32 Å². The molecule has 0 radical (unpaired) electrons. The van der Waals surface area contributed by atoms with Crippen molar-refractivity contribution in [2.75, 3.05) is 6.61 Å². The number of carbonyl (C=O) groups is 1. The molecule has 2 N–H and O–H groups in total. The van der Waals surface area contributed by atoms with Crippen molar-refractivity contribution < 1.29 is 9.90 Å². The first-order chi connectivity index (χ1) is 8.93. The Hall–Kier alpha value is -1.37. The lowest BCUT2D eigenvalue weighted by Crippen LogP contribution is -2.45. The molecule has 2 aromatic heterocycles. The van der Waals surface area contributed by atoms with Gasteiger partial charge in [-0.25, -0.2) is 4.98 Å². The number of nitrogens with zero attached hydrogens (tertiary/aromatic N) is 2. The highest BCUT2D eigenvalue weighted by atomic mass is 35.5. The summed E-state index contributed by atoms with van der Waals surface area (Å²) in [6, 6.07) is 0. The van der Waals surface area contributed by atoms with E-state index in [9.17, 15) is 4.79 Å². The summed E-state index contributed by atoms with van der Waals surface area (Å²) in [6.07, 6.45) is 4.83. The number of hydrogen-bond donors (Lipinski definition) is 2. The Morgan fingerprint density at radius 2 is 2.42 bits per heavy atom. The van der Waals surface area contributed by atoms with Gasteiger partial charge in [-0.2, -0.15) is 0 Å². The molecule has 2 heterocycles. The molecule has 0 saturated carbocycles. The molecule has 0 saturated heterocycles. The zero-order chi connectivity index (χ0) is 14.0. The molecule has 0 atom stereocenters. The number of carbonyl (C=O) groups excluding carboxylic acids is 1. The van der Waals surface area contributed by atoms with Gasteiger partial charge in [0.2, 0.25) is 5.91 Å². The van der Waals surface area contributed by atoms with Gasteiger partial charge in [0.1, 0.15) is 0 Å². The molecule has 0 aromatic carbocycles. The molecule has 0 unspecified atom stereocenters. The van der Waals surface area contributed by atoms with Crippen LogP contribution in [0.25, 0.3) is 11.0 Å². The van der Waals surface area contributed by atoms with Crippen LogP contribution in [0.5, 0.6) is 0 Å². The highest BCUT2D eigenvalue weighted by Gasteiger charge is 2.17. The van der Waals surface area contributed by atoms with Crippen molar-refractivity contribution in [1.29, 1.82) is 0 Å². The second-order valence-corrected chi connectivity index (χ2v) is 5.94. The zero-order valence-electron chi connectivity index (χ0n) is 10.6. The van der Waals surface area contributed by atoms with Crippen molar-refractivity contribution in [2.24, 2.45) is 0 Å². The summed E-state index contributed by atoms with van der Waals surface area (Å²) in [4.78, 5) is 16.7.